The molecule has 1 unspecified atom stereocenters. The average molecular weight is 358 g/mol. The minimum absolute atomic E-state index is 0.00870. The van der Waals surface area contributed by atoms with Crippen LogP contribution in [-0.4, -0.2) is 56.4 Å². The monoisotopic (exact) mass is 358 g/mol. The number of hydrogen-bond donors (Lipinski definition) is 0. The quantitative estimate of drug-likeness (QED) is 0.701. The van der Waals surface area contributed by atoms with Gasteiger partial charge in [0.05, 0.1) is 23.8 Å². The molecule has 0 radical (unpaired) electrons. The Morgan fingerprint density at radius 2 is 1.96 bits per heavy atom. The molecule has 3 aromatic heterocycles. The fraction of sp³-hybridized carbons (Fsp3) is 0.375. The Labute approximate surface area is 145 Å². The second-order valence-electron chi connectivity index (χ2n) is 6.18. The van der Waals surface area contributed by atoms with Gasteiger partial charge in [-0.3, -0.25) is 14.4 Å². The van der Waals surface area contributed by atoms with Gasteiger partial charge in [-0.05, 0) is 18.9 Å². The third-order valence-corrected chi connectivity index (χ3v) is 5.77. The summed E-state index contributed by atoms with van der Waals surface area (Å²) in [4.78, 5) is 17.6. The van der Waals surface area contributed by atoms with E-state index in [9.17, 15) is 8.42 Å². The molecule has 1 saturated heterocycles. The lowest BCUT2D eigenvalue weighted by Crippen LogP contribution is -2.38. The van der Waals surface area contributed by atoms with Crippen molar-refractivity contribution >= 4 is 15.8 Å². The Morgan fingerprint density at radius 1 is 1.12 bits per heavy atom. The minimum Gasteiger partial charge on any atom is -0.282 e. The number of fused-ring (bicyclic) bond motifs is 1. The highest BCUT2D eigenvalue weighted by Crippen LogP contribution is 2.32. The van der Waals surface area contributed by atoms with Gasteiger partial charge in [0.1, 0.15) is 5.69 Å². The van der Waals surface area contributed by atoms with Crippen LogP contribution in [0, 0.1) is 0 Å². The SMILES string of the molecule is CS(=O)(=O)N1CCCC(c2nccnc2-c2cnc3ncccn23)C1. The van der Waals surface area contributed by atoms with E-state index in [-0.39, 0.29) is 5.92 Å². The van der Waals surface area contributed by atoms with Crippen molar-refractivity contribution in [2.75, 3.05) is 19.3 Å². The predicted octanol–water partition coefficient (Wildman–Crippen LogP) is 1.33. The molecule has 4 heterocycles. The van der Waals surface area contributed by atoms with E-state index < -0.39 is 10.0 Å². The zero-order valence-electron chi connectivity index (χ0n) is 13.8. The van der Waals surface area contributed by atoms with Gasteiger partial charge >= 0.3 is 0 Å². The molecule has 8 nitrogen and oxygen atoms in total. The van der Waals surface area contributed by atoms with Crippen molar-refractivity contribution in [3.8, 4) is 11.4 Å². The van der Waals surface area contributed by atoms with Gasteiger partial charge in [0, 0.05) is 43.8 Å². The molecule has 3 aromatic rings. The molecule has 1 aliphatic rings. The Kier molecular flexibility index (Phi) is 3.97. The highest BCUT2D eigenvalue weighted by Gasteiger charge is 2.30. The summed E-state index contributed by atoms with van der Waals surface area (Å²) in [6.07, 6.45) is 11.5. The maximum atomic E-state index is 11.9. The lowest BCUT2D eigenvalue weighted by atomic mass is 9.94. The van der Waals surface area contributed by atoms with E-state index in [0.717, 1.165) is 29.9 Å². The van der Waals surface area contributed by atoms with Crippen LogP contribution >= 0.6 is 0 Å². The molecule has 1 fully saturated rings. The van der Waals surface area contributed by atoms with Crippen molar-refractivity contribution in [2.24, 2.45) is 0 Å². The van der Waals surface area contributed by atoms with Crippen LogP contribution in [0.25, 0.3) is 17.2 Å². The van der Waals surface area contributed by atoms with Gasteiger partial charge in [-0.2, -0.15) is 0 Å². The minimum atomic E-state index is -3.21. The first-order chi connectivity index (χ1) is 12.0. The molecule has 0 saturated carbocycles. The third-order valence-electron chi connectivity index (χ3n) is 4.50. The van der Waals surface area contributed by atoms with Crippen LogP contribution in [0.4, 0.5) is 0 Å². The Bertz CT molecular complexity index is 1020. The first-order valence-corrected chi connectivity index (χ1v) is 9.93. The van der Waals surface area contributed by atoms with E-state index in [4.69, 9.17) is 0 Å². The number of hydrogen-bond acceptors (Lipinski definition) is 6. The summed E-state index contributed by atoms with van der Waals surface area (Å²) in [5.74, 6) is 0.602. The molecular weight excluding hydrogens is 340 g/mol. The number of rotatable bonds is 3. The Morgan fingerprint density at radius 3 is 2.80 bits per heavy atom. The molecule has 9 heteroatoms. The van der Waals surface area contributed by atoms with Crippen LogP contribution in [0.3, 0.4) is 0 Å². The lowest BCUT2D eigenvalue weighted by molar-refractivity contribution is 0.314. The molecular formula is C16H18N6O2S. The predicted molar refractivity (Wildman–Crippen MR) is 92.4 cm³/mol. The molecule has 0 aromatic carbocycles. The maximum absolute atomic E-state index is 11.9. The fourth-order valence-corrected chi connectivity index (χ4v) is 4.23. The fourth-order valence-electron chi connectivity index (χ4n) is 3.31. The Hall–Kier alpha value is -2.39. The van der Waals surface area contributed by atoms with Crippen molar-refractivity contribution in [2.45, 2.75) is 18.8 Å². The second kappa shape index (κ2) is 6.16. The van der Waals surface area contributed by atoms with Crippen LogP contribution in [0.1, 0.15) is 24.5 Å². The molecule has 1 atom stereocenters. The molecule has 1 aliphatic heterocycles. The third kappa shape index (κ3) is 3.00. The average Bonchev–Trinajstić information content (AvgIpc) is 3.05. The number of imidazole rings is 1. The summed E-state index contributed by atoms with van der Waals surface area (Å²) in [6, 6.07) is 1.83. The van der Waals surface area contributed by atoms with Crippen LogP contribution in [-0.2, 0) is 10.0 Å². The van der Waals surface area contributed by atoms with Gasteiger partial charge in [0.2, 0.25) is 15.8 Å². The maximum Gasteiger partial charge on any atom is 0.234 e. The zero-order chi connectivity index (χ0) is 17.4. The van der Waals surface area contributed by atoms with Crippen molar-refractivity contribution in [3.05, 3.63) is 42.7 Å². The molecule has 0 aliphatic carbocycles. The van der Waals surface area contributed by atoms with E-state index in [1.54, 1.807) is 24.8 Å². The van der Waals surface area contributed by atoms with Gasteiger partial charge in [0.15, 0.2) is 0 Å². The van der Waals surface area contributed by atoms with Gasteiger partial charge in [-0.1, -0.05) is 0 Å². The second-order valence-corrected chi connectivity index (χ2v) is 8.17. The summed E-state index contributed by atoms with van der Waals surface area (Å²) in [5.41, 5.74) is 2.34. The van der Waals surface area contributed by atoms with E-state index in [1.807, 2.05) is 16.7 Å². The van der Waals surface area contributed by atoms with Crippen molar-refractivity contribution in [1.29, 1.82) is 0 Å². The smallest absolute Gasteiger partial charge is 0.234 e. The topological polar surface area (TPSA) is 93.4 Å². The van der Waals surface area contributed by atoms with Crippen molar-refractivity contribution in [3.63, 3.8) is 0 Å². The van der Waals surface area contributed by atoms with Crippen LogP contribution in [0.2, 0.25) is 0 Å². The van der Waals surface area contributed by atoms with E-state index in [0.29, 0.717) is 18.9 Å². The summed E-state index contributed by atoms with van der Waals surface area (Å²) in [6.45, 7) is 0.990. The molecule has 0 N–H and O–H groups in total. The summed E-state index contributed by atoms with van der Waals surface area (Å²) < 4.78 is 27.2. The van der Waals surface area contributed by atoms with Crippen molar-refractivity contribution in [1.82, 2.24) is 28.6 Å². The molecule has 0 amide bonds. The highest BCUT2D eigenvalue weighted by molar-refractivity contribution is 7.88. The summed E-state index contributed by atoms with van der Waals surface area (Å²) in [7, 11) is -3.21. The lowest BCUT2D eigenvalue weighted by Gasteiger charge is -2.31. The standard InChI is InChI=1S/C16H18N6O2S/c1-25(23,24)21-8-2-4-12(11-21)14-15(18-7-6-17-14)13-10-20-16-19-5-3-9-22(13)16/h3,5-7,9-10,12H,2,4,8,11H2,1H3. The van der Waals surface area contributed by atoms with Gasteiger partial charge in [0.25, 0.3) is 0 Å². The van der Waals surface area contributed by atoms with Crippen LogP contribution in [0.15, 0.2) is 37.1 Å². The molecule has 130 valence electrons. The van der Waals surface area contributed by atoms with E-state index in [1.165, 1.54) is 10.6 Å². The molecule has 25 heavy (non-hydrogen) atoms. The van der Waals surface area contributed by atoms with E-state index >= 15 is 0 Å². The number of sulfonamides is 1. The molecule has 4 rings (SSSR count). The first kappa shape index (κ1) is 16.1. The molecule has 0 spiro atoms. The Balaban J connectivity index is 1.77. The van der Waals surface area contributed by atoms with Gasteiger partial charge in [-0.25, -0.2) is 22.7 Å². The van der Waals surface area contributed by atoms with E-state index in [2.05, 4.69) is 19.9 Å². The zero-order valence-corrected chi connectivity index (χ0v) is 14.6. The highest BCUT2D eigenvalue weighted by atomic mass is 32.2. The number of piperidine rings is 1. The summed E-state index contributed by atoms with van der Waals surface area (Å²) in [5, 5.41) is 0. The summed E-state index contributed by atoms with van der Waals surface area (Å²) >= 11 is 0. The largest absolute Gasteiger partial charge is 0.282 e. The van der Waals surface area contributed by atoms with Gasteiger partial charge in [-0.15, -0.1) is 0 Å². The number of nitrogens with zero attached hydrogens (tertiary/aromatic N) is 6. The first-order valence-electron chi connectivity index (χ1n) is 8.08. The van der Waals surface area contributed by atoms with Crippen LogP contribution in [0.5, 0.6) is 0 Å². The van der Waals surface area contributed by atoms with Crippen LogP contribution < -0.4 is 0 Å². The van der Waals surface area contributed by atoms with Gasteiger partial charge < -0.3 is 0 Å². The van der Waals surface area contributed by atoms with Crippen molar-refractivity contribution < 1.29 is 8.42 Å². The molecule has 0 bridgehead atoms. The number of aromatic nitrogens is 5. The normalized spacial score (nSPS) is 19.3.